The van der Waals surface area contributed by atoms with Crippen molar-refractivity contribution >= 4 is 0 Å². The fourth-order valence-corrected chi connectivity index (χ4v) is 6.85. The molecule has 3 aliphatic carbocycles. The van der Waals surface area contributed by atoms with Crippen LogP contribution in [0.2, 0.25) is 0 Å². The summed E-state index contributed by atoms with van der Waals surface area (Å²) in [6.07, 6.45) is 8.22. The second-order valence-electron chi connectivity index (χ2n) is 8.47. The summed E-state index contributed by atoms with van der Waals surface area (Å²) in [6, 6.07) is 0.741. The minimum absolute atomic E-state index is 0.0704. The van der Waals surface area contributed by atoms with E-state index in [4.69, 9.17) is 9.47 Å². The highest BCUT2D eigenvalue weighted by Gasteiger charge is 2.67. The van der Waals surface area contributed by atoms with Crippen LogP contribution in [-0.4, -0.2) is 38.5 Å². The molecule has 7 atom stereocenters. The van der Waals surface area contributed by atoms with E-state index in [2.05, 4.69) is 12.4 Å². The second kappa shape index (κ2) is 4.69. The van der Waals surface area contributed by atoms with Gasteiger partial charge in [0.15, 0.2) is 0 Å². The fraction of sp³-hybridized carbons (Fsp3) is 1.00. The molecule has 0 amide bonds. The molecule has 1 N–H and O–H groups in total. The third-order valence-corrected chi connectivity index (χ3v) is 7.65. The third kappa shape index (κ3) is 1.90. The molecule has 3 saturated carbocycles. The van der Waals surface area contributed by atoms with Crippen molar-refractivity contribution in [1.29, 1.82) is 0 Å². The zero-order chi connectivity index (χ0) is 14.0. The minimum Gasteiger partial charge on any atom is -0.378 e. The summed E-state index contributed by atoms with van der Waals surface area (Å²) < 4.78 is 11.8. The molecule has 2 bridgehead atoms. The van der Waals surface area contributed by atoms with Gasteiger partial charge in [-0.3, -0.25) is 0 Å². The van der Waals surface area contributed by atoms with Crippen molar-refractivity contribution in [1.82, 2.24) is 5.32 Å². The molecule has 5 aliphatic rings. The van der Waals surface area contributed by atoms with Crippen LogP contribution in [0.5, 0.6) is 0 Å². The van der Waals surface area contributed by atoms with Crippen LogP contribution in [0, 0.1) is 35.5 Å². The summed E-state index contributed by atoms with van der Waals surface area (Å²) >= 11 is 0. The molecular weight excluding hydrogens is 262 g/mol. The van der Waals surface area contributed by atoms with Gasteiger partial charge in [0.2, 0.25) is 0 Å². The first kappa shape index (κ1) is 13.3. The summed E-state index contributed by atoms with van der Waals surface area (Å²) in [5.74, 6) is 6.14. The topological polar surface area (TPSA) is 30.5 Å². The molecule has 0 radical (unpaired) electrons. The molecule has 2 saturated heterocycles. The maximum Gasteiger partial charge on any atom is 0.0939 e. The SMILES string of the molecule is CNC(C1CCOC2(CCOC2)C1)C1C2C3CCC(C3)C21. The lowest BCUT2D eigenvalue weighted by molar-refractivity contribution is -0.104. The maximum absolute atomic E-state index is 6.15. The van der Waals surface area contributed by atoms with E-state index in [0.29, 0.717) is 0 Å². The van der Waals surface area contributed by atoms with Crippen LogP contribution in [0.3, 0.4) is 0 Å². The highest BCUT2D eigenvalue weighted by atomic mass is 16.6. The predicted molar refractivity (Wildman–Crippen MR) is 81.0 cm³/mol. The molecule has 0 aromatic rings. The van der Waals surface area contributed by atoms with Gasteiger partial charge in [0.25, 0.3) is 0 Å². The standard InChI is InChI=1S/C18H29NO2/c1-19-17(16-14-11-2-3-12(8-11)15(14)16)13-4-6-21-18(9-13)5-7-20-10-18/h11-17,19H,2-10H2,1H3. The summed E-state index contributed by atoms with van der Waals surface area (Å²) in [7, 11) is 2.20. The normalized spacial score (nSPS) is 55.9. The van der Waals surface area contributed by atoms with E-state index in [0.717, 1.165) is 67.8 Å². The Morgan fingerprint density at radius 2 is 1.90 bits per heavy atom. The number of nitrogens with one attached hydrogen (secondary N) is 1. The van der Waals surface area contributed by atoms with E-state index in [1.807, 2.05) is 0 Å². The quantitative estimate of drug-likeness (QED) is 0.866. The monoisotopic (exact) mass is 291 g/mol. The van der Waals surface area contributed by atoms with Crippen LogP contribution in [0.4, 0.5) is 0 Å². The molecule has 1 spiro atoms. The van der Waals surface area contributed by atoms with Crippen molar-refractivity contribution in [2.45, 2.75) is 50.2 Å². The first-order valence-electron chi connectivity index (χ1n) is 9.20. The number of hydrogen-bond donors (Lipinski definition) is 1. The molecule has 0 aromatic heterocycles. The molecule has 7 unspecified atom stereocenters. The molecule has 0 aromatic carbocycles. The Morgan fingerprint density at radius 3 is 2.57 bits per heavy atom. The van der Waals surface area contributed by atoms with Gasteiger partial charge in [0.05, 0.1) is 12.2 Å². The van der Waals surface area contributed by atoms with Crippen molar-refractivity contribution in [3.05, 3.63) is 0 Å². The molecule has 2 aliphatic heterocycles. The Bertz CT molecular complexity index is 403. The van der Waals surface area contributed by atoms with Gasteiger partial charge in [-0.2, -0.15) is 0 Å². The Kier molecular flexibility index (Phi) is 2.98. The van der Waals surface area contributed by atoms with Crippen molar-refractivity contribution in [3.63, 3.8) is 0 Å². The van der Waals surface area contributed by atoms with Crippen molar-refractivity contribution < 1.29 is 9.47 Å². The Hall–Kier alpha value is -0.120. The Labute approximate surface area is 128 Å². The predicted octanol–water partition coefficient (Wildman–Crippen LogP) is 2.45. The first-order valence-corrected chi connectivity index (χ1v) is 9.20. The zero-order valence-corrected chi connectivity index (χ0v) is 13.2. The zero-order valence-electron chi connectivity index (χ0n) is 13.2. The van der Waals surface area contributed by atoms with E-state index in [1.165, 1.54) is 25.7 Å². The largest absolute Gasteiger partial charge is 0.378 e. The summed E-state index contributed by atoms with van der Waals surface area (Å²) in [5, 5.41) is 3.74. The Morgan fingerprint density at radius 1 is 1.10 bits per heavy atom. The van der Waals surface area contributed by atoms with E-state index in [-0.39, 0.29) is 5.60 Å². The highest BCUT2D eigenvalue weighted by Crippen LogP contribution is 2.71. The van der Waals surface area contributed by atoms with Gasteiger partial charge >= 0.3 is 0 Å². The molecule has 5 rings (SSSR count). The third-order valence-electron chi connectivity index (χ3n) is 7.65. The molecule has 5 fully saturated rings. The highest BCUT2D eigenvalue weighted by molar-refractivity contribution is 5.16. The van der Waals surface area contributed by atoms with E-state index >= 15 is 0 Å². The second-order valence-corrected chi connectivity index (χ2v) is 8.47. The fourth-order valence-electron chi connectivity index (χ4n) is 6.85. The first-order chi connectivity index (χ1) is 10.3. The van der Waals surface area contributed by atoms with Crippen molar-refractivity contribution in [3.8, 4) is 0 Å². The van der Waals surface area contributed by atoms with Crippen LogP contribution in [0.15, 0.2) is 0 Å². The molecule has 2 heterocycles. The summed E-state index contributed by atoms with van der Waals surface area (Å²) in [4.78, 5) is 0. The van der Waals surface area contributed by atoms with Crippen LogP contribution in [-0.2, 0) is 9.47 Å². The Balaban J connectivity index is 1.32. The van der Waals surface area contributed by atoms with Crippen LogP contribution in [0.1, 0.15) is 38.5 Å². The van der Waals surface area contributed by atoms with Crippen LogP contribution in [0.25, 0.3) is 0 Å². The average Bonchev–Trinajstić information content (AvgIpc) is 2.88. The van der Waals surface area contributed by atoms with Gasteiger partial charge in [0.1, 0.15) is 0 Å². The van der Waals surface area contributed by atoms with Gasteiger partial charge in [-0.15, -0.1) is 0 Å². The van der Waals surface area contributed by atoms with Crippen molar-refractivity contribution in [2.75, 3.05) is 26.9 Å². The molecule has 21 heavy (non-hydrogen) atoms. The lowest BCUT2D eigenvalue weighted by atomic mass is 9.78. The van der Waals surface area contributed by atoms with Gasteiger partial charge < -0.3 is 14.8 Å². The number of hydrogen-bond acceptors (Lipinski definition) is 3. The number of ether oxygens (including phenoxy) is 2. The average molecular weight is 291 g/mol. The van der Waals surface area contributed by atoms with Crippen molar-refractivity contribution in [2.24, 2.45) is 35.5 Å². The molecular formula is C18H29NO2. The van der Waals surface area contributed by atoms with Gasteiger partial charge in [0, 0.05) is 25.7 Å². The van der Waals surface area contributed by atoms with E-state index < -0.39 is 0 Å². The maximum atomic E-state index is 6.15. The number of rotatable bonds is 3. The van der Waals surface area contributed by atoms with Gasteiger partial charge in [-0.25, -0.2) is 0 Å². The number of fused-ring (bicyclic) bond motifs is 5. The minimum atomic E-state index is 0.0704. The molecule has 3 nitrogen and oxygen atoms in total. The van der Waals surface area contributed by atoms with Gasteiger partial charge in [-0.1, -0.05) is 0 Å². The van der Waals surface area contributed by atoms with Crippen LogP contribution >= 0.6 is 0 Å². The summed E-state index contributed by atoms with van der Waals surface area (Å²) in [5.41, 5.74) is 0.0704. The summed E-state index contributed by atoms with van der Waals surface area (Å²) in [6.45, 7) is 2.68. The lowest BCUT2D eigenvalue weighted by Crippen LogP contribution is -2.48. The van der Waals surface area contributed by atoms with E-state index in [1.54, 1.807) is 6.42 Å². The molecule has 118 valence electrons. The molecule has 3 heteroatoms. The van der Waals surface area contributed by atoms with E-state index in [9.17, 15) is 0 Å². The van der Waals surface area contributed by atoms with Crippen LogP contribution < -0.4 is 5.32 Å². The lowest BCUT2D eigenvalue weighted by Gasteiger charge is -2.41. The van der Waals surface area contributed by atoms with Gasteiger partial charge in [-0.05, 0) is 74.7 Å². The smallest absolute Gasteiger partial charge is 0.0939 e.